The number of hydrogen-bond donors (Lipinski definition) is 2. The van der Waals surface area contributed by atoms with Gasteiger partial charge in [0.15, 0.2) is 0 Å². The molecule has 0 fully saturated rings. The Bertz CT molecular complexity index is 1360. The quantitative estimate of drug-likeness (QED) is 0.252. The van der Waals surface area contributed by atoms with Crippen molar-refractivity contribution in [3.8, 4) is 0 Å². The van der Waals surface area contributed by atoms with E-state index < -0.39 is 5.95 Å². The van der Waals surface area contributed by atoms with Gasteiger partial charge in [-0.05, 0) is 74.4 Å². The van der Waals surface area contributed by atoms with Gasteiger partial charge < -0.3 is 15.5 Å². The predicted octanol–water partition coefficient (Wildman–Crippen LogP) is 7.07. The molecule has 3 rings (SSSR count). The Labute approximate surface area is 226 Å². The van der Waals surface area contributed by atoms with E-state index in [1.165, 1.54) is 17.8 Å². The lowest BCUT2D eigenvalue weighted by atomic mass is 9.96. The smallest absolute Gasteiger partial charge is 0.213 e. The summed E-state index contributed by atoms with van der Waals surface area (Å²) in [7, 11) is 1.89. The van der Waals surface area contributed by atoms with Crippen LogP contribution in [0.5, 0.6) is 0 Å². The minimum atomic E-state index is -0.535. The highest BCUT2D eigenvalue weighted by atomic mass is 19.1. The molecule has 1 aromatic carbocycles. The third kappa shape index (κ3) is 6.75. The number of pyridine rings is 1. The topological polar surface area (TPSA) is 40.2 Å². The first-order valence-electron chi connectivity index (χ1n) is 12.6. The van der Waals surface area contributed by atoms with Crippen molar-refractivity contribution in [1.82, 2.24) is 20.5 Å². The molecule has 38 heavy (non-hydrogen) atoms. The molecule has 0 aliphatic carbocycles. The Hall–Kier alpha value is -4.22. The van der Waals surface area contributed by atoms with Crippen molar-refractivity contribution in [2.45, 2.75) is 26.8 Å². The van der Waals surface area contributed by atoms with E-state index in [0.29, 0.717) is 12.1 Å². The standard InChI is InChI=1S/C33H37FN4/c1-9-27(19-28(10-2)23(4)29-13-11-22(3)12-14-29)21-38-26(7)31(37-25(6)24(5)35-8)15-16-32(38)30-17-18-36-33(34)20-30/h9-20,24,35,37H,2,4,6-7,21H2,1,3,5,8H3/b27-9+,28-19+. The van der Waals surface area contributed by atoms with Crippen molar-refractivity contribution in [2.75, 3.05) is 13.6 Å². The minimum Gasteiger partial charge on any atom is -0.356 e. The average Bonchev–Trinajstić information content (AvgIpc) is 2.92. The van der Waals surface area contributed by atoms with Gasteiger partial charge in [0, 0.05) is 41.8 Å². The maximum Gasteiger partial charge on any atom is 0.213 e. The second-order valence-electron chi connectivity index (χ2n) is 9.20. The number of likely N-dealkylation sites (N-methyl/N-ethyl adjacent to an activating group) is 1. The fourth-order valence-corrected chi connectivity index (χ4v) is 4.00. The first-order valence-corrected chi connectivity index (χ1v) is 12.6. The van der Waals surface area contributed by atoms with Crippen molar-refractivity contribution in [3.63, 3.8) is 0 Å². The van der Waals surface area contributed by atoms with Crippen LogP contribution >= 0.6 is 0 Å². The summed E-state index contributed by atoms with van der Waals surface area (Å²) in [6.07, 6.45) is 11.3. The molecule has 0 radical (unpaired) electrons. The zero-order valence-electron chi connectivity index (χ0n) is 22.8. The summed E-state index contributed by atoms with van der Waals surface area (Å²) in [6, 6.07) is 11.6. The molecule has 2 heterocycles. The zero-order valence-corrected chi connectivity index (χ0v) is 22.8. The maximum atomic E-state index is 14.1. The largest absolute Gasteiger partial charge is 0.356 e. The van der Waals surface area contributed by atoms with Crippen LogP contribution in [0.4, 0.5) is 4.39 Å². The maximum absolute atomic E-state index is 14.1. The molecule has 1 unspecified atom stereocenters. The van der Waals surface area contributed by atoms with E-state index in [1.54, 1.807) is 6.07 Å². The number of nitrogens with one attached hydrogen (secondary N) is 2. The Morgan fingerprint density at radius 2 is 1.87 bits per heavy atom. The Kier molecular flexibility index (Phi) is 9.58. The lowest BCUT2D eigenvalue weighted by Crippen LogP contribution is -2.35. The van der Waals surface area contributed by atoms with Crippen LogP contribution in [0.2, 0.25) is 0 Å². The van der Waals surface area contributed by atoms with Gasteiger partial charge in [-0.3, -0.25) is 0 Å². The SMILES string of the molecule is C=C/C(=C\C(=C/C)CN1C(=C)C(NC(=C)C(C)NC)=CC=C1c1ccnc(F)c1)C(=C)c1ccc(C)cc1. The molecule has 4 nitrogen and oxygen atoms in total. The minimum absolute atomic E-state index is 0.0637. The molecule has 0 spiro atoms. The van der Waals surface area contributed by atoms with Crippen molar-refractivity contribution in [2.24, 2.45) is 0 Å². The number of aromatic nitrogens is 1. The summed E-state index contributed by atoms with van der Waals surface area (Å²) in [4.78, 5) is 5.79. The summed E-state index contributed by atoms with van der Waals surface area (Å²) >= 11 is 0. The van der Waals surface area contributed by atoms with Crippen molar-refractivity contribution in [1.29, 1.82) is 0 Å². The van der Waals surface area contributed by atoms with E-state index in [1.807, 2.05) is 39.1 Å². The molecule has 2 aromatic rings. The molecule has 1 aromatic heterocycles. The number of rotatable bonds is 11. The van der Waals surface area contributed by atoms with Crippen LogP contribution in [0.3, 0.4) is 0 Å². The van der Waals surface area contributed by atoms with Gasteiger partial charge in [0.1, 0.15) is 0 Å². The number of aryl methyl sites for hydroxylation is 1. The van der Waals surface area contributed by atoms with Crippen LogP contribution in [-0.4, -0.2) is 29.5 Å². The van der Waals surface area contributed by atoms with Crippen molar-refractivity contribution in [3.05, 3.63) is 150 Å². The fraction of sp³-hybridized carbons (Fsp3) is 0.182. The summed E-state index contributed by atoms with van der Waals surface area (Å²) in [5.74, 6) is -0.535. The van der Waals surface area contributed by atoms with Gasteiger partial charge in [0.2, 0.25) is 5.95 Å². The van der Waals surface area contributed by atoms with Crippen LogP contribution in [-0.2, 0) is 0 Å². The van der Waals surface area contributed by atoms with Crippen molar-refractivity contribution < 1.29 is 4.39 Å². The predicted molar refractivity (Wildman–Crippen MR) is 159 cm³/mol. The first-order chi connectivity index (χ1) is 18.2. The molecule has 0 saturated heterocycles. The summed E-state index contributed by atoms with van der Waals surface area (Å²) in [5.41, 5.74) is 9.00. The van der Waals surface area contributed by atoms with Gasteiger partial charge >= 0.3 is 0 Å². The highest BCUT2D eigenvalue weighted by Crippen LogP contribution is 2.32. The van der Waals surface area contributed by atoms with Crippen LogP contribution in [0.1, 0.15) is 30.5 Å². The van der Waals surface area contributed by atoms with Gasteiger partial charge in [-0.2, -0.15) is 4.39 Å². The van der Waals surface area contributed by atoms with Gasteiger partial charge in [-0.25, -0.2) is 4.98 Å². The summed E-state index contributed by atoms with van der Waals surface area (Å²) in [5, 5.41) is 6.57. The van der Waals surface area contributed by atoms with Crippen LogP contribution in [0.25, 0.3) is 11.3 Å². The molecule has 0 amide bonds. The normalized spacial score (nSPS) is 15.0. The third-order valence-corrected chi connectivity index (χ3v) is 6.63. The van der Waals surface area contributed by atoms with E-state index in [4.69, 9.17) is 0 Å². The third-order valence-electron chi connectivity index (χ3n) is 6.63. The zero-order chi connectivity index (χ0) is 27.8. The molecule has 196 valence electrons. The highest BCUT2D eigenvalue weighted by Gasteiger charge is 2.23. The molecule has 1 atom stereocenters. The fourth-order valence-electron chi connectivity index (χ4n) is 4.00. The van der Waals surface area contributed by atoms with Crippen molar-refractivity contribution >= 4 is 11.3 Å². The number of nitrogens with zero attached hydrogens (tertiary/aromatic N) is 2. The lowest BCUT2D eigenvalue weighted by molar-refractivity contribution is 0.524. The lowest BCUT2D eigenvalue weighted by Gasteiger charge is -2.34. The molecule has 0 bridgehead atoms. The van der Waals surface area contributed by atoms with Gasteiger partial charge in [-0.1, -0.05) is 68.3 Å². The Morgan fingerprint density at radius 1 is 1.16 bits per heavy atom. The van der Waals surface area contributed by atoms with E-state index in [2.05, 4.69) is 90.2 Å². The van der Waals surface area contributed by atoms with Gasteiger partial charge in [0.25, 0.3) is 0 Å². The van der Waals surface area contributed by atoms with E-state index >= 15 is 0 Å². The highest BCUT2D eigenvalue weighted by molar-refractivity contribution is 5.81. The molecular weight excluding hydrogens is 471 g/mol. The average molecular weight is 509 g/mol. The number of benzene rings is 1. The Morgan fingerprint density at radius 3 is 2.47 bits per heavy atom. The van der Waals surface area contributed by atoms with Crippen LogP contribution in [0, 0.1) is 12.9 Å². The van der Waals surface area contributed by atoms with E-state index in [-0.39, 0.29) is 6.04 Å². The molecular formula is C33H37FN4. The second kappa shape index (κ2) is 12.8. The number of hydrogen-bond acceptors (Lipinski definition) is 4. The molecule has 1 aliphatic rings. The van der Waals surface area contributed by atoms with Crippen LogP contribution < -0.4 is 10.6 Å². The molecule has 0 saturated carbocycles. The Balaban J connectivity index is 1.97. The van der Waals surface area contributed by atoms with Crippen LogP contribution in [0.15, 0.2) is 128 Å². The molecule has 2 N–H and O–H groups in total. The summed E-state index contributed by atoms with van der Waals surface area (Å²) in [6.45, 7) is 23.5. The molecule has 1 aliphatic heterocycles. The second-order valence-corrected chi connectivity index (χ2v) is 9.20. The summed E-state index contributed by atoms with van der Waals surface area (Å²) < 4.78 is 14.1. The monoisotopic (exact) mass is 508 g/mol. The van der Waals surface area contributed by atoms with Gasteiger partial charge in [-0.15, -0.1) is 0 Å². The molecule has 5 heteroatoms. The number of allylic oxidation sites excluding steroid dienone is 6. The first kappa shape index (κ1) is 28.4. The number of halogens is 1. The van der Waals surface area contributed by atoms with E-state index in [9.17, 15) is 4.39 Å². The van der Waals surface area contributed by atoms with E-state index in [0.717, 1.165) is 45.1 Å². The van der Waals surface area contributed by atoms with Gasteiger partial charge in [0.05, 0.1) is 11.4 Å².